The minimum atomic E-state index is -0.421. The van der Waals surface area contributed by atoms with Gasteiger partial charge in [0.15, 0.2) is 0 Å². The van der Waals surface area contributed by atoms with Crippen molar-refractivity contribution in [3.05, 3.63) is 39.9 Å². The summed E-state index contributed by atoms with van der Waals surface area (Å²) in [5.41, 5.74) is 0.682. The first-order valence-corrected chi connectivity index (χ1v) is 8.51. The van der Waals surface area contributed by atoms with E-state index >= 15 is 0 Å². The molecule has 1 aliphatic heterocycles. The molecule has 134 valence electrons. The Hall–Kier alpha value is -2.57. The number of carbonyl (C=O) groups excluding carboxylic acids is 3. The zero-order valence-electron chi connectivity index (χ0n) is 14.1. The number of rotatable bonds is 9. The van der Waals surface area contributed by atoms with Gasteiger partial charge in [0.1, 0.15) is 12.1 Å². The van der Waals surface area contributed by atoms with Gasteiger partial charge in [-0.2, -0.15) is 0 Å². The first-order chi connectivity index (χ1) is 12.0. The fourth-order valence-electron chi connectivity index (χ4n) is 3.13. The number of Topliss-reactive ketones (excluding diaryl/α,β-unsaturated/α-hetero) is 1. The second-order valence-corrected chi connectivity index (χ2v) is 6.21. The van der Waals surface area contributed by atoms with Gasteiger partial charge in [-0.25, -0.2) is 0 Å². The number of para-hydroxylation sites is 1. The van der Waals surface area contributed by atoms with Gasteiger partial charge < -0.3 is 9.69 Å². The van der Waals surface area contributed by atoms with E-state index in [2.05, 4.69) is 0 Å². The summed E-state index contributed by atoms with van der Waals surface area (Å²) >= 11 is 0. The molecule has 0 saturated carbocycles. The van der Waals surface area contributed by atoms with Crippen molar-refractivity contribution in [3.8, 4) is 0 Å². The number of nitrogens with zero attached hydrogens (tertiary/aromatic N) is 2. The number of aryl methyl sites for hydroxylation is 1. The van der Waals surface area contributed by atoms with E-state index in [1.807, 2.05) is 0 Å². The van der Waals surface area contributed by atoms with E-state index in [1.54, 1.807) is 23.1 Å². The van der Waals surface area contributed by atoms with E-state index in [1.165, 1.54) is 6.07 Å². The maximum absolute atomic E-state index is 12.1. The molecule has 0 bridgehead atoms. The van der Waals surface area contributed by atoms with Gasteiger partial charge in [-0.3, -0.25) is 19.7 Å². The van der Waals surface area contributed by atoms with E-state index in [-0.39, 0.29) is 42.7 Å². The molecule has 1 amide bonds. The van der Waals surface area contributed by atoms with E-state index in [9.17, 15) is 24.5 Å². The van der Waals surface area contributed by atoms with Crippen LogP contribution in [-0.4, -0.2) is 40.4 Å². The molecule has 0 unspecified atom stereocenters. The predicted molar refractivity (Wildman–Crippen MR) is 91.1 cm³/mol. The Morgan fingerprint density at radius 1 is 1.24 bits per heavy atom. The quantitative estimate of drug-likeness (QED) is 0.389. The monoisotopic (exact) mass is 346 g/mol. The molecule has 1 aliphatic rings. The van der Waals surface area contributed by atoms with Crippen LogP contribution in [0.25, 0.3) is 0 Å². The third kappa shape index (κ3) is 5.20. The van der Waals surface area contributed by atoms with Gasteiger partial charge in [0, 0.05) is 37.4 Å². The Labute approximate surface area is 146 Å². The van der Waals surface area contributed by atoms with Crippen molar-refractivity contribution >= 4 is 23.7 Å². The first-order valence-electron chi connectivity index (χ1n) is 8.51. The average molecular weight is 346 g/mol. The van der Waals surface area contributed by atoms with E-state index < -0.39 is 4.92 Å². The molecule has 1 atom stereocenters. The van der Waals surface area contributed by atoms with Crippen molar-refractivity contribution in [2.24, 2.45) is 0 Å². The van der Waals surface area contributed by atoms with Crippen molar-refractivity contribution in [1.29, 1.82) is 0 Å². The lowest BCUT2D eigenvalue weighted by Crippen LogP contribution is -2.36. The molecule has 1 saturated heterocycles. The zero-order chi connectivity index (χ0) is 18.2. The minimum absolute atomic E-state index is 0.0335. The number of amides is 1. The van der Waals surface area contributed by atoms with Gasteiger partial charge in [0.2, 0.25) is 5.91 Å². The summed E-state index contributed by atoms with van der Waals surface area (Å²) in [6.07, 6.45) is 3.83. The molecule has 7 heteroatoms. The Morgan fingerprint density at radius 2 is 2.00 bits per heavy atom. The topological polar surface area (TPSA) is 97.6 Å². The summed E-state index contributed by atoms with van der Waals surface area (Å²) in [6, 6.07) is 6.15. The normalized spacial score (nSPS) is 16.6. The number of aldehydes is 1. The molecule has 0 N–H and O–H groups in total. The molecule has 1 heterocycles. The Morgan fingerprint density at radius 3 is 2.72 bits per heavy atom. The molecule has 0 radical (unpaired) electrons. The SMILES string of the molecule is O=C[C@@H]1CCCN1C(=O)CCC(=O)CCCc1ccccc1[N+](=O)[O-]. The fraction of sp³-hybridized carbons (Fsp3) is 0.500. The van der Waals surface area contributed by atoms with E-state index in [0.29, 0.717) is 31.4 Å². The molecule has 1 aromatic rings. The number of ketones is 1. The molecule has 0 spiro atoms. The lowest BCUT2D eigenvalue weighted by molar-refractivity contribution is -0.385. The number of nitro groups is 1. The third-order valence-corrected chi connectivity index (χ3v) is 4.48. The van der Waals surface area contributed by atoms with Crippen LogP contribution in [0.2, 0.25) is 0 Å². The first kappa shape index (κ1) is 18.8. The van der Waals surface area contributed by atoms with Gasteiger partial charge >= 0.3 is 0 Å². The summed E-state index contributed by atoms with van der Waals surface area (Å²) in [6.45, 7) is 0.577. The molecule has 7 nitrogen and oxygen atoms in total. The van der Waals surface area contributed by atoms with Crippen molar-refractivity contribution in [1.82, 2.24) is 4.90 Å². The lowest BCUT2D eigenvalue weighted by atomic mass is 10.0. The molecule has 25 heavy (non-hydrogen) atoms. The number of carbonyl (C=O) groups is 3. The van der Waals surface area contributed by atoms with Gasteiger partial charge in [-0.1, -0.05) is 18.2 Å². The number of likely N-dealkylation sites (tertiary alicyclic amines) is 1. The molecular weight excluding hydrogens is 324 g/mol. The Kier molecular flexibility index (Phi) is 6.80. The molecular formula is C18H22N2O5. The van der Waals surface area contributed by atoms with Crippen LogP contribution < -0.4 is 0 Å². The maximum Gasteiger partial charge on any atom is 0.272 e. The largest absolute Gasteiger partial charge is 0.333 e. The summed E-state index contributed by atoms with van der Waals surface area (Å²) in [7, 11) is 0. The highest BCUT2D eigenvalue weighted by Gasteiger charge is 2.28. The van der Waals surface area contributed by atoms with Crippen LogP contribution in [0, 0.1) is 10.1 Å². The number of benzene rings is 1. The van der Waals surface area contributed by atoms with Crippen LogP contribution in [-0.2, 0) is 20.8 Å². The molecule has 0 aromatic heterocycles. The Balaban J connectivity index is 1.73. The highest BCUT2D eigenvalue weighted by Crippen LogP contribution is 2.20. The Bertz CT molecular complexity index is 659. The van der Waals surface area contributed by atoms with Crippen LogP contribution >= 0.6 is 0 Å². The minimum Gasteiger partial charge on any atom is -0.333 e. The highest BCUT2D eigenvalue weighted by molar-refractivity contribution is 5.86. The highest BCUT2D eigenvalue weighted by atomic mass is 16.6. The fourth-order valence-corrected chi connectivity index (χ4v) is 3.13. The van der Waals surface area contributed by atoms with Crippen molar-refractivity contribution < 1.29 is 19.3 Å². The zero-order valence-corrected chi connectivity index (χ0v) is 14.1. The average Bonchev–Trinajstić information content (AvgIpc) is 3.08. The lowest BCUT2D eigenvalue weighted by Gasteiger charge is -2.20. The van der Waals surface area contributed by atoms with E-state index in [0.717, 1.165) is 12.7 Å². The molecule has 0 aliphatic carbocycles. The standard InChI is InChI=1S/C18H22N2O5/c21-13-15-7-4-12-19(15)18(23)11-10-16(22)8-3-6-14-5-1-2-9-17(14)20(24)25/h1-2,5,9,13,15H,3-4,6-8,10-12H2/t15-/m0/s1. The summed E-state index contributed by atoms with van der Waals surface area (Å²) in [5.74, 6) is -0.185. The predicted octanol–water partition coefficient (Wildman–Crippen LogP) is 2.46. The summed E-state index contributed by atoms with van der Waals surface area (Å²) in [4.78, 5) is 47.0. The van der Waals surface area contributed by atoms with Gasteiger partial charge in [0.05, 0.1) is 11.0 Å². The second-order valence-electron chi connectivity index (χ2n) is 6.21. The van der Waals surface area contributed by atoms with Crippen molar-refractivity contribution in [2.45, 2.75) is 51.0 Å². The summed E-state index contributed by atoms with van der Waals surface area (Å²) < 4.78 is 0. The second kappa shape index (κ2) is 9.05. The van der Waals surface area contributed by atoms with E-state index in [4.69, 9.17) is 0 Å². The van der Waals surface area contributed by atoms with Crippen molar-refractivity contribution in [2.75, 3.05) is 6.54 Å². The molecule has 2 rings (SSSR count). The third-order valence-electron chi connectivity index (χ3n) is 4.48. The molecule has 1 aromatic carbocycles. The van der Waals surface area contributed by atoms with Gasteiger partial charge in [-0.15, -0.1) is 0 Å². The van der Waals surface area contributed by atoms with Crippen LogP contribution in [0.3, 0.4) is 0 Å². The van der Waals surface area contributed by atoms with Gasteiger partial charge in [0.25, 0.3) is 5.69 Å². The number of hydrogen-bond acceptors (Lipinski definition) is 5. The smallest absolute Gasteiger partial charge is 0.272 e. The van der Waals surface area contributed by atoms with Gasteiger partial charge in [-0.05, 0) is 25.7 Å². The maximum atomic E-state index is 12.1. The number of nitro benzene ring substituents is 1. The van der Waals surface area contributed by atoms with Crippen LogP contribution in [0.1, 0.15) is 44.1 Å². The van der Waals surface area contributed by atoms with Crippen LogP contribution in [0.4, 0.5) is 5.69 Å². The molecule has 1 fully saturated rings. The number of hydrogen-bond donors (Lipinski definition) is 0. The van der Waals surface area contributed by atoms with Crippen LogP contribution in [0.15, 0.2) is 24.3 Å². The van der Waals surface area contributed by atoms with Crippen molar-refractivity contribution in [3.63, 3.8) is 0 Å². The van der Waals surface area contributed by atoms with Crippen LogP contribution in [0.5, 0.6) is 0 Å². The summed E-state index contributed by atoms with van der Waals surface area (Å²) in [5, 5.41) is 10.9.